The Morgan fingerprint density at radius 2 is 1.77 bits per heavy atom. The first-order valence-electron chi connectivity index (χ1n) is 9.16. The van der Waals surface area contributed by atoms with Crippen LogP contribution in [0.25, 0.3) is 11.0 Å². The van der Waals surface area contributed by atoms with Crippen LogP contribution in [0, 0.1) is 6.92 Å². The molecule has 7 nitrogen and oxygen atoms in total. The van der Waals surface area contributed by atoms with E-state index in [1.807, 2.05) is 0 Å². The van der Waals surface area contributed by atoms with Crippen molar-refractivity contribution in [2.45, 2.75) is 6.92 Å². The average Bonchev–Trinajstić information content (AvgIpc) is 3.41. The van der Waals surface area contributed by atoms with E-state index in [9.17, 15) is 9.59 Å². The molecule has 30 heavy (non-hydrogen) atoms. The molecule has 0 aliphatic rings. The SMILES string of the molecule is COc1ccc(C(=O)c2oc3ccc(NC(=O)c4ccco4)cc3c2C)cc1OC. The second kappa shape index (κ2) is 7.79. The first-order chi connectivity index (χ1) is 14.5. The van der Waals surface area contributed by atoms with E-state index in [2.05, 4.69) is 5.32 Å². The molecule has 0 saturated heterocycles. The molecule has 4 aromatic rings. The quantitative estimate of drug-likeness (QED) is 0.462. The number of rotatable bonds is 6. The predicted octanol–water partition coefficient (Wildman–Crippen LogP) is 4.83. The van der Waals surface area contributed by atoms with E-state index in [0.29, 0.717) is 33.9 Å². The van der Waals surface area contributed by atoms with Gasteiger partial charge in [0.25, 0.3) is 5.91 Å². The third kappa shape index (κ3) is 3.41. The Bertz CT molecular complexity index is 1240. The van der Waals surface area contributed by atoms with Crippen LogP contribution in [0.2, 0.25) is 0 Å². The molecule has 0 radical (unpaired) electrons. The summed E-state index contributed by atoms with van der Waals surface area (Å²) in [6, 6.07) is 13.4. The van der Waals surface area contributed by atoms with Crippen LogP contribution in [-0.2, 0) is 0 Å². The molecule has 2 heterocycles. The van der Waals surface area contributed by atoms with Crippen molar-refractivity contribution < 1.29 is 27.9 Å². The van der Waals surface area contributed by atoms with Crippen molar-refractivity contribution in [3.05, 3.63) is 77.4 Å². The molecule has 0 aliphatic carbocycles. The summed E-state index contributed by atoms with van der Waals surface area (Å²) in [5, 5.41) is 3.50. The molecule has 0 bridgehead atoms. The van der Waals surface area contributed by atoms with Gasteiger partial charge in [-0.3, -0.25) is 9.59 Å². The molecular weight excluding hydrogens is 386 g/mol. The van der Waals surface area contributed by atoms with Crippen LogP contribution in [0.1, 0.15) is 32.2 Å². The number of carbonyl (C=O) groups excluding carboxylic acids is 2. The predicted molar refractivity (Wildman–Crippen MR) is 111 cm³/mol. The van der Waals surface area contributed by atoms with Gasteiger partial charge >= 0.3 is 0 Å². The van der Waals surface area contributed by atoms with Crippen LogP contribution in [0.4, 0.5) is 5.69 Å². The number of amides is 1. The molecule has 1 N–H and O–H groups in total. The summed E-state index contributed by atoms with van der Waals surface area (Å²) >= 11 is 0. The Labute approximate surface area is 172 Å². The van der Waals surface area contributed by atoms with Gasteiger partial charge in [0, 0.05) is 22.2 Å². The second-order valence-electron chi connectivity index (χ2n) is 6.60. The van der Waals surface area contributed by atoms with E-state index < -0.39 is 0 Å². The van der Waals surface area contributed by atoms with Crippen LogP contribution in [0.15, 0.2) is 63.6 Å². The number of fused-ring (bicyclic) bond motifs is 1. The third-order valence-electron chi connectivity index (χ3n) is 4.79. The average molecular weight is 405 g/mol. The lowest BCUT2D eigenvalue weighted by molar-refractivity contribution is 0.0993. The molecular formula is C23H19NO6. The standard InChI is InChI=1S/C23H19NO6/c1-13-16-12-15(24-23(26)19-5-4-10-29-19)7-9-17(16)30-22(13)21(25)14-6-8-18(27-2)20(11-14)28-3/h4-12H,1-3H3,(H,24,26). The monoisotopic (exact) mass is 405 g/mol. The number of ketones is 1. The molecule has 0 fully saturated rings. The van der Waals surface area contributed by atoms with Gasteiger partial charge in [0.15, 0.2) is 23.0 Å². The number of carbonyl (C=O) groups is 2. The lowest BCUT2D eigenvalue weighted by atomic mass is 10.0. The van der Waals surface area contributed by atoms with E-state index >= 15 is 0 Å². The number of furan rings is 2. The summed E-state index contributed by atoms with van der Waals surface area (Å²) in [4.78, 5) is 25.3. The Kier molecular flexibility index (Phi) is 5.02. The number of nitrogens with one attached hydrogen (secondary N) is 1. The summed E-state index contributed by atoms with van der Waals surface area (Å²) < 4.78 is 21.4. The van der Waals surface area contributed by atoms with Crippen LogP contribution >= 0.6 is 0 Å². The maximum absolute atomic E-state index is 13.1. The van der Waals surface area contributed by atoms with E-state index in [1.54, 1.807) is 55.5 Å². The zero-order chi connectivity index (χ0) is 21.3. The van der Waals surface area contributed by atoms with Crippen molar-refractivity contribution in [2.75, 3.05) is 19.5 Å². The molecule has 0 saturated carbocycles. The Hall–Kier alpha value is -4.00. The Morgan fingerprint density at radius 1 is 0.967 bits per heavy atom. The fraction of sp³-hybridized carbons (Fsp3) is 0.130. The van der Waals surface area contributed by atoms with E-state index in [1.165, 1.54) is 20.5 Å². The summed E-state index contributed by atoms with van der Waals surface area (Å²) in [7, 11) is 3.04. The fourth-order valence-corrected chi connectivity index (χ4v) is 3.22. The van der Waals surface area contributed by atoms with Crippen LogP contribution < -0.4 is 14.8 Å². The van der Waals surface area contributed by atoms with Crippen molar-refractivity contribution in [1.82, 2.24) is 0 Å². The number of methoxy groups -OCH3 is 2. The molecule has 7 heteroatoms. The zero-order valence-corrected chi connectivity index (χ0v) is 16.6. The molecule has 0 spiro atoms. The topological polar surface area (TPSA) is 90.9 Å². The van der Waals surface area contributed by atoms with Gasteiger partial charge in [-0.2, -0.15) is 0 Å². The minimum Gasteiger partial charge on any atom is -0.493 e. The fourth-order valence-electron chi connectivity index (χ4n) is 3.22. The lowest BCUT2D eigenvalue weighted by Crippen LogP contribution is -2.10. The van der Waals surface area contributed by atoms with Gasteiger partial charge in [0.1, 0.15) is 5.58 Å². The molecule has 2 aromatic heterocycles. The molecule has 1 amide bonds. The van der Waals surface area contributed by atoms with Gasteiger partial charge in [0.2, 0.25) is 5.78 Å². The van der Waals surface area contributed by atoms with E-state index in [4.69, 9.17) is 18.3 Å². The second-order valence-corrected chi connectivity index (χ2v) is 6.60. The first kappa shape index (κ1) is 19.3. The lowest BCUT2D eigenvalue weighted by Gasteiger charge is -2.08. The summed E-state index contributed by atoms with van der Waals surface area (Å²) in [5.41, 5.74) is 2.21. The number of anilines is 1. The van der Waals surface area contributed by atoms with Gasteiger partial charge in [-0.25, -0.2) is 0 Å². The smallest absolute Gasteiger partial charge is 0.291 e. The maximum Gasteiger partial charge on any atom is 0.291 e. The van der Waals surface area contributed by atoms with E-state index in [-0.39, 0.29) is 23.2 Å². The molecule has 0 atom stereocenters. The number of aryl methyl sites for hydroxylation is 1. The minimum absolute atomic E-state index is 0.211. The van der Waals surface area contributed by atoms with Gasteiger partial charge in [-0.15, -0.1) is 0 Å². The van der Waals surface area contributed by atoms with Crippen LogP contribution in [-0.4, -0.2) is 25.9 Å². The number of hydrogen-bond acceptors (Lipinski definition) is 6. The maximum atomic E-state index is 13.1. The first-order valence-corrected chi connectivity index (χ1v) is 9.16. The van der Waals surface area contributed by atoms with Crippen LogP contribution in [0.5, 0.6) is 11.5 Å². The Morgan fingerprint density at radius 3 is 2.47 bits per heavy atom. The molecule has 2 aromatic carbocycles. The van der Waals surface area contributed by atoms with Crippen LogP contribution in [0.3, 0.4) is 0 Å². The molecule has 4 rings (SSSR count). The molecule has 0 aliphatic heterocycles. The van der Waals surface area contributed by atoms with Crippen molar-refractivity contribution in [2.24, 2.45) is 0 Å². The summed E-state index contributed by atoms with van der Waals surface area (Å²) in [6.45, 7) is 1.80. The highest BCUT2D eigenvalue weighted by molar-refractivity contribution is 6.11. The largest absolute Gasteiger partial charge is 0.493 e. The molecule has 152 valence electrons. The van der Waals surface area contributed by atoms with Gasteiger partial charge in [-0.05, 0) is 55.5 Å². The highest BCUT2D eigenvalue weighted by atomic mass is 16.5. The third-order valence-corrected chi connectivity index (χ3v) is 4.79. The van der Waals surface area contributed by atoms with Crippen molar-refractivity contribution in [1.29, 1.82) is 0 Å². The highest BCUT2D eigenvalue weighted by Crippen LogP contribution is 2.32. The number of hydrogen-bond donors (Lipinski definition) is 1. The summed E-state index contributed by atoms with van der Waals surface area (Å²) in [6.07, 6.45) is 1.43. The van der Waals surface area contributed by atoms with Crippen molar-refractivity contribution in [3.63, 3.8) is 0 Å². The minimum atomic E-state index is -0.359. The number of benzene rings is 2. The zero-order valence-electron chi connectivity index (χ0n) is 16.6. The Balaban J connectivity index is 1.66. The normalized spacial score (nSPS) is 10.8. The van der Waals surface area contributed by atoms with Gasteiger partial charge < -0.3 is 23.6 Å². The molecule has 0 unspecified atom stereocenters. The summed E-state index contributed by atoms with van der Waals surface area (Å²) in [5.74, 6) is 0.801. The highest BCUT2D eigenvalue weighted by Gasteiger charge is 2.21. The van der Waals surface area contributed by atoms with E-state index in [0.717, 1.165) is 5.39 Å². The van der Waals surface area contributed by atoms with Gasteiger partial charge in [-0.1, -0.05) is 0 Å². The van der Waals surface area contributed by atoms with Gasteiger partial charge in [0.05, 0.1) is 20.5 Å². The van der Waals surface area contributed by atoms with Crippen molar-refractivity contribution >= 4 is 28.3 Å². The van der Waals surface area contributed by atoms with Crippen molar-refractivity contribution in [3.8, 4) is 11.5 Å². The number of ether oxygens (including phenoxy) is 2.